The van der Waals surface area contributed by atoms with E-state index < -0.39 is 5.60 Å². The molecule has 3 rings (SSSR count). The third-order valence-electron chi connectivity index (χ3n) is 4.00. The van der Waals surface area contributed by atoms with E-state index in [1.54, 1.807) is 18.7 Å². The minimum Gasteiger partial charge on any atom is -0.486 e. The number of ether oxygens (including phenoxy) is 1. The lowest BCUT2D eigenvalue weighted by atomic mass is 9.97. The zero-order valence-corrected chi connectivity index (χ0v) is 13.4. The molecule has 2 aromatic rings. The molecule has 1 saturated heterocycles. The van der Waals surface area contributed by atoms with Gasteiger partial charge in [0.15, 0.2) is 0 Å². The first-order valence-electron chi connectivity index (χ1n) is 7.78. The largest absolute Gasteiger partial charge is 0.486 e. The van der Waals surface area contributed by atoms with Crippen molar-refractivity contribution in [2.75, 3.05) is 13.1 Å². The zero-order chi connectivity index (χ0) is 16.4. The molecule has 0 aromatic heterocycles. The molecule has 0 spiro atoms. The summed E-state index contributed by atoms with van der Waals surface area (Å²) in [6.45, 7) is 4.60. The highest BCUT2D eigenvalue weighted by molar-refractivity contribution is 5.94. The van der Waals surface area contributed by atoms with Crippen LogP contribution in [0.15, 0.2) is 54.6 Å². The van der Waals surface area contributed by atoms with E-state index in [0.717, 1.165) is 5.56 Å². The van der Waals surface area contributed by atoms with Gasteiger partial charge in [-0.15, -0.1) is 0 Å². The van der Waals surface area contributed by atoms with Crippen LogP contribution in [0.5, 0.6) is 5.75 Å². The number of para-hydroxylation sites is 1. The van der Waals surface area contributed by atoms with Crippen LogP contribution >= 0.6 is 0 Å². The lowest BCUT2D eigenvalue weighted by Gasteiger charge is -2.39. The van der Waals surface area contributed by atoms with E-state index in [-0.39, 0.29) is 12.0 Å². The number of hydrogen-bond donors (Lipinski definition) is 1. The third-order valence-corrected chi connectivity index (χ3v) is 4.00. The maximum Gasteiger partial charge on any atom is 0.254 e. The summed E-state index contributed by atoms with van der Waals surface area (Å²) in [6.07, 6.45) is -0.0360. The van der Waals surface area contributed by atoms with E-state index >= 15 is 0 Å². The van der Waals surface area contributed by atoms with Crippen molar-refractivity contribution in [1.29, 1.82) is 0 Å². The molecular weight excluding hydrogens is 290 g/mol. The van der Waals surface area contributed by atoms with Crippen LogP contribution in [0, 0.1) is 0 Å². The Labute approximate surface area is 136 Å². The van der Waals surface area contributed by atoms with Crippen LogP contribution in [0.25, 0.3) is 0 Å². The first-order chi connectivity index (χ1) is 10.9. The molecule has 23 heavy (non-hydrogen) atoms. The van der Waals surface area contributed by atoms with E-state index in [4.69, 9.17) is 4.74 Å². The molecule has 0 radical (unpaired) electrons. The summed E-state index contributed by atoms with van der Waals surface area (Å²) in [5, 5.41) is 10.2. The highest BCUT2D eigenvalue weighted by atomic mass is 16.5. The van der Waals surface area contributed by atoms with Crippen molar-refractivity contribution in [3.8, 4) is 5.75 Å². The quantitative estimate of drug-likeness (QED) is 0.944. The SMILES string of the molecule is CC(C)(O)c1ccccc1OC1CN(C(=O)c2ccccc2)C1. The molecule has 1 amide bonds. The van der Waals surface area contributed by atoms with Crippen molar-refractivity contribution < 1.29 is 14.6 Å². The molecule has 4 nitrogen and oxygen atoms in total. The first kappa shape index (κ1) is 15.6. The molecule has 4 heteroatoms. The van der Waals surface area contributed by atoms with Gasteiger partial charge in [0.05, 0.1) is 18.7 Å². The van der Waals surface area contributed by atoms with Crippen molar-refractivity contribution >= 4 is 5.91 Å². The lowest BCUT2D eigenvalue weighted by Crippen LogP contribution is -2.56. The Balaban J connectivity index is 1.62. The number of amides is 1. The molecule has 0 aliphatic carbocycles. The summed E-state index contributed by atoms with van der Waals surface area (Å²) in [5.41, 5.74) is 0.496. The second-order valence-electron chi connectivity index (χ2n) is 6.37. The normalized spacial score (nSPS) is 15.2. The molecule has 1 aliphatic heterocycles. The molecule has 1 N–H and O–H groups in total. The fourth-order valence-electron chi connectivity index (χ4n) is 2.70. The van der Waals surface area contributed by atoms with Crippen LogP contribution in [0.2, 0.25) is 0 Å². The van der Waals surface area contributed by atoms with Gasteiger partial charge in [0.2, 0.25) is 0 Å². The maximum atomic E-state index is 12.3. The van der Waals surface area contributed by atoms with Gasteiger partial charge in [0.25, 0.3) is 5.91 Å². The molecule has 0 bridgehead atoms. The number of benzene rings is 2. The molecule has 2 aromatic carbocycles. The molecular formula is C19H21NO3. The number of aliphatic hydroxyl groups is 1. The molecule has 0 saturated carbocycles. The van der Waals surface area contributed by atoms with Crippen LogP contribution in [-0.4, -0.2) is 35.1 Å². The highest BCUT2D eigenvalue weighted by Gasteiger charge is 2.33. The molecule has 0 atom stereocenters. The minimum atomic E-state index is -0.958. The van der Waals surface area contributed by atoms with E-state index in [0.29, 0.717) is 24.4 Å². The number of nitrogens with zero attached hydrogens (tertiary/aromatic N) is 1. The Hall–Kier alpha value is -2.33. The summed E-state index contributed by atoms with van der Waals surface area (Å²) in [6, 6.07) is 16.7. The number of rotatable bonds is 4. The Morgan fingerprint density at radius 2 is 1.70 bits per heavy atom. The smallest absolute Gasteiger partial charge is 0.254 e. The first-order valence-corrected chi connectivity index (χ1v) is 7.78. The van der Waals surface area contributed by atoms with Crippen molar-refractivity contribution in [2.24, 2.45) is 0 Å². The third kappa shape index (κ3) is 3.37. The second-order valence-corrected chi connectivity index (χ2v) is 6.37. The standard InChI is InChI=1S/C19H21NO3/c1-19(2,22)16-10-6-7-11-17(16)23-15-12-20(13-15)18(21)14-8-4-3-5-9-14/h3-11,15,22H,12-13H2,1-2H3. The monoisotopic (exact) mass is 311 g/mol. The number of carbonyl (C=O) groups excluding carboxylic acids is 1. The van der Waals surface area contributed by atoms with Gasteiger partial charge < -0.3 is 14.7 Å². The maximum absolute atomic E-state index is 12.3. The number of likely N-dealkylation sites (tertiary alicyclic amines) is 1. The summed E-state index contributed by atoms with van der Waals surface area (Å²) in [7, 11) is 0. The summed E-state index contributed by atoms with van der Waals surface area (Å²) in [5.74, 6) is 0.707. The van der Waals surface area contributed by atoms with Gasteiger partial charge >= 0.3 is 0 Å². The molecule has 1 aliphatic rings. The van der Waals surface area contributed by atoms with E-state index in [1.165, 1.54) is 0 Å². The summed E-state index contributed by atoms with van der Waals surface area (Å²) < 4.78 is 5.97. The van der Waals surface area contributed by atoms with Crippen LogP contribution in [0.1, 0.15) is 29.8 Å². The Kier molecular flexibility index (Phi) is 4.09. The summed E-state index contributed by atoms with van der Waals surface area (Å²) >= 11 is 0. The topological polar surface area (TPSA) is 49.8 Å². The van der Waals surface area contributed by atoms with Crippen LogP contribution in [0.4, 0.5) is 0 Å². The number of carbonyl (C=O) groups is 1. The van der Waals surface area contributed by atoms with Crippen molar-refractivity contribution in [1.82, 2.24) is 4.90 Å². The van der Waals surface area contributed by atoms with Gasteiger partial charge in [0.1, 0.15) is 11.9 Å². The number of hydrogen-bond acceptors (Lipinski definition) is 3. The predicted molar refractivity (Wildman–Crippen MR) is 88.4 cm³/mol. The van der Waals surface area contributed by atoms with Crippen LogP contribution < -0.4 is 4.74 Å². The van der Waals surface area contributed by atoms with Crippen molar-refractivity contribution in [2.45, 2.75) is 25.6 Å². The van der Waals surface area contributed by atoms with Crippen molar-refractivity contribution in [3.05, 3.63) is 65.7 Å². The fraction of sp³-hybridized carbons (Fsp3) is 0.316. The van der Waals surface area contributed by atoms with Gasteiger partial charge in [-0.25, -0.2) is 0 Å². The average molecular weight is 311 g/mol. The minimum absolute atomic E-state index is 0.0289. The Morgan fingerprint density at radius 1 is 1.09 bits per heavy atom. The van der Waals surface area contributed by atoms with Gasteiger partial charge in [-0.05, 0) is 32.0 Å². The van der Waals surface area contributed by atoms with E-state index in [1.807, 2.05) is 54.6 Å². The molecule has 120 valence electrons. The van der Waals surface area contributed by atoms with Gasteiger partial charge in [-0.3, -0.25) is 4.79 Å². The van der Waals surface area contributed by atoms with Crippen LogP contribution in [0.3, 0.4) is 0 Å². The molecule has 1 fully saturated rings. The van der Waals surface area contributed by atoms with Gasteiger partial charge in [0, 0.05) is 11.1 Å². The predicted octanol–water partition coefficient (Wildman–Crippen LogP) is 2.82. The average Bonchev–Trinajstić information content (AvgIpc) is 2.50. The second kappa shape index (κ2) is 6.05. The van der Waals surface area contributed by atoms with Gasteiger partial charge in [-0.1, -0.05) is 36.4 Å². The zero-order valence-electron chi connectivity index (χ0n) is 13.4. The Morgan fingerprint density at radius 3 is 2.35 bits per heavy atom. The highest BCUT2D eigenvalue weighted by Crippen LogP contribution is 2.31. The van der Waals surface area contributed by atoms with Gasteiger partial charge in [-0.2, -0.15) is 0 Å². The van der Waals surface area contributed by atoms with Crippen molar-refractivity contribution in [3.63, 3.8) is 0 Å². The summed E-state index contributed by atoms with van der Waals surface area (Å²) in [4.78, 5) is 14.1. The lowest BCUT2D eigenvalue weighted by molar-refractivity contribution is 0.0136. The Bertz CT molecular complexity index is 685. The molecule has 0 unspecified atom stereocenters. The van der Waals surface area contributed by atoms with E-state index in [2.05, 4.69) is 0 Å². The van der Waals surface area contributed by atoms with E-state index in [9.17, 15) is 9.90 Å². The fourth-order valence-corrected chi connectivity index (χ4v) is 2.70. The molecule has 1 heterocycles. The van der Waals surface area contributed by atoms with Crippen LogP contribution in [-0.2, 0) is 5.60 Å².